The number of thioether (sulfide) groups is 1. The summed E-state index contributed by atoms with van der Waals surface area (Å²) >= 11 is 1.68. The lowest BCUT2D eigenvalue weighted by Crippen LogP contribution is -2.49. The number of carbonyl (C=O) groups excluding carboxylic acids is 2. The van der Waals surface area contributed by atoms with E-state index in [1.54, 1.807) is 22.7 Å². The number of aliphatic imine (C=N–C) groups is 2. The summed E-state index contributed by atoms with van der Waals surface area (Å²) in [4.78, 5) is 35.7. The fraction of sp³-hybridized carbons (Fsp3) is 0.652. The first-order valence-corrected chi connectivity index (χ1v) is 12.4. The van der Waals surface area contributed by atoms with E-state index in [-0.39, 0.29) is 17.9 Å². The minimum absolute atomic E-state index is 0.230. The predicted molar refractivity (Wildman–Crippen MR) is 124 cm³/mol. The van der Waals surface area contributed by atoms with Crippen LogP contribution in [0.25, 0.3) is 0 Å². The highest BCUT2D eigenvalue weighted by molar-refractivity contribution is 8.00. The summed E-state index contributed by atoms with van der Waals surface area (Å²) in [5.41, 5.74) is -0.365. The molecule has 0 aromatic carbocycles. The Kier molecular flexibility index (Phi) is 6.86. The molecule has 1 saturated carbocycles. The zero-order valence-corrected chi connectivity index (χ0v) is 19.5. The van der Waals surface area contributed by atoms with Crippen LogP contribution in [0.1, 0.15) is 52.4 Å². The van der Waals surface area contributed by atoms with Gasteiger partial charge in [-0.2, -0.15) is 11.8 Å². The number of carbonyl (C=O) groups is 2. The molecule has 4 aliphatic rings. The number of nitrogens with zero attached hydrogens (tertiary/aromatic N) is 3. The zero-order valence-electron chi connectivity index (χ0n) is 18.6. The summed E-state index contributed by atoms with van der Waals surface area (Å²) in [6, 6.07) is 0.230. The van der Waals surface area contributed by atoms with Crippen molar-refractivity contribution >= 4 is 35.1 Å². The number of hydrogen-bond acceptors (Lipinski definition) is 6. The van der Waals surface area contributed by atoms with Crippen LogP contribution in [0.15, 0.2) is 33.7 Å². The molecule has 0 spiro atoms. The van der Waals surface area contributed by atoms with E-state index in [1.807, 2.05) is 0 Å². The molecule has 2 aliphatic heterocycles. The van der Waals surface area contributed by atoms with Crippen molar-refractivity contribution in [2.45, 2.75) is 69.3 Å². The van der Waals surface area contributed by atoms with Crippen LogP contribution >= 0.6 is 11.8 Å². The number of amidine groups is 1. The number of allylic oxidation sites excluding steroid dienone is 2. The molecule has 9 heteroatoms. The second kappa shape index (κ2) is 9.47. The molecular formula is C23H31FN4O3S. The Morgan fingerprint density at radius 2 is 1.97 bits per heavy atom. The first-order valence-electron chi connectivity index (χ1n) is 11.4. The first kappa shape index (κ1) is 23.2. The van der Waals surface area contributed by atoms with E-state index in [9.17, 15) is 19.1 Å². The Morgan fingerprint density at radius 1 is 1.28 bits per heavy atom. The molecular weight excluding hydrogens is 431 g/mol. The molecule has 2 aliphatic carbocycles. The largest absolute Gasteiger partial charge is 0.381 e. The highest BCUT2D eigenvalue weighted by Crippen LogP contribution is 2.32. The van der Waals surface area contributed by atoms with Gasteiger partial charge in [-0.05, 0) is 51.7 Å². The van der Waals surface area contributed by atoms with Crippen LogP contribution in [0.5, 0.6) is 0 Å². The van der Waals surface area contributed by atoms with Gasteiger partial charge in [0.1, 0.15) is 23.2 Å². The summed E-state index contributed by atoms with van der Waals surface area (Å²) in [7, 11) is 0. The van der Waals surface area contributed by atoms with Crippen molar-refractivity contribution in [1.82, 2.24) is 10.2 Å². The van der Waals surface area contributed by atoms with Crippen molar-refractivity contribution in [3.8, 4) is 0 Å². The average Bonchev–Trinajstić information content (AvgIpc) is 3.24. The van der Waals surface area contributed by atoms with Crippen LogP contribution in [-0.2, 0) is 9.59 Å². The van der Waals surface area contributed by atoms with Gasteiger partial charge in [-0.25, -0.2) is 9.38 Å². The number of piperidine rings is 1. The van der Waals surface area contributed by atoms with E-state index in [0.29, 0.717) is 41.3 Å². The van der Waals surface area contributed by atoms with Gasteiger partial charge in [0.05, 0.1) is 23.2 Å². The van der Waals surface area contributed by atoms with Crippen molar-refractivity contribution in [1.29, 1.82) is 0 Å². The van der Waals surface area contributed by atoms with E-state index in [2.05, 4.69) is 15.3 Å². The normalized spacial score (nSPS) is 26.4. The van der Waals surface area contributed by atoms with Crippen LogP contribution in [0.3, 0.4) is 0 Å². The maximum atomic E-state index is 14.6. The average molecular weight is 463 g/mol. The van der Waals surface area contributed by atoms with Gasteiger partial charge in [0.25, 0.3) is 5.91 Å². The third kappa shape index (κ3) is 5.31. The van der Waals surface area contributed by atoms with Crippen LogP contribution in [0.4, 0.5) is 4.39 Å². The van der Waals surface area contributed by atoms with Crippen LogP contribution in [0, 0.1) is 5.92 Å². The Hall–Kier alpha value is -2.00. The third-order valence-corrected chi connectivity index (χ3v) is 7.69. The second-order valence-corrected chi connectivity index (χ2v) is 10.7. The number of rotatable bonds is 5. The summed E-state index contributed by atoms with van der Waals surface area (Å²) < 4.78 is 14.6. The zero-order chi connectivity index (χ0) is 22.9. The summed E-state index contributed by atoms with van der Waals surface area (Å²) in [6.45, 7) is 4.22. The molecule has 0 bridgehead atoms. The molecule has 2 heterocycles. The number of halogens is 1. The molecule has 1 saturated heterocycles. The third-order valence-electron chi connectivity index (χ3n) is 6.31. The molecule has 0 aromatic heterocycles. The standard InChI is InChI=1S/C23H31FN4O3S/c1-23(2,31)22(30)28-9-7-16(8-10-28)32-13-19-26-18-12-15(25-14-5-3-4-6-14)11-17(24)20(18)21(29)27-19/h11-12,14,16,20,31H,3-10,13H2,1-2H3,(H,26,27,29). The van der Waals surface area contributed by atoms with E-state index in [0.717, 1.165) is 38.5 Å². The van der Waals surface area contributed by atoms with Gasteiger partial charge < -0.3 is 15.3 Å². The minimum atomic E-state index is -1.35. The summed E-state index contributed by atoms with van der Waals surface area (Å²) in [6.07, 6.45) is 9.09. The molecule has 2 N–H and O–H groups in total. The number of nitrogens with one attached hydrogen (secondary N) is 1. The minimum Gasteiger partial charge on any atom is -0.381 e. The van der Waals surface area contributed by atoms with E-state index >= 15 is 0 Å². The van der Waals surface area contributed by atoms with Crippen molar-refractivity contribution < 1.29 is 19.1 Å². The summed E-state index contributed by atoms with van der Waals surface area (Å²) in [5, 5.41) is 13.0. The lowest BCUT2D eigenvalue weighted by molar-refractivity contribution is -0.148. The highest BCUT2D eigenvalue weighted by atomic mass is 32.2. The highest BCUT2D eigenvalue weighted by Gasteiger charge is 2.36. The van der Waals surface area contributed by atoms with Gasteiger partial charge in [0.15, 0.2) is 0 Å². The molecule has 1 unspecified atom stereocenters. The number of hydrogen-bond donors (Lipinski definition) is 2. The van der Waals surface area contributed by atoms with Gasteiger partial charge in [0, 0.05) is 18.3 Å². The maximum Gasteiger partial charge on any atom is 0.253 e. The second-order valence-electron chi connectivity index (χ2n) is 9.43. The first-order chi connectivity index (χ1) is 15.2. The Labute approximate surface area is 192 Å². The molecule has 2 amide bonds. The van der Waals surface area contributed by atoms with Crippen molar-refractivity contribution in [2.24, 2.45) is 15.9 Å². The Balaban J connectivity index is 1.36. The molecule has 32 heavy (non-hydrogen) atoms. The number of fused-ring (bicyclic) bond motifs is 1. The van der Waals surface area contributed by atoms with Crippen molar-refractivity contribution in [3.05, 3.63) is 23.7 Å². The van der Waals surface area contributed by atoms with E-state index in [1.165, 1.54) is 19.9 Å². The van der Waals surface area contributed by atoms with Gasteiger partial charge in [-0.3, -0.25) is 14.6 Å². The van der Waals surface area contributed by atoms with Gasteiger partial charge in [-0.1, -0.05) is 12.8 Å². The van der Waals surface area contributed by atoms with Gasteiger partial charge in [0.2, 0.25) is 5.91 Å². The van der Waals surface area contributed by atoms with E-state index in [4.69, 9.17) is 0 Å². The molecule has 1 atom stereocenters. The van der Waals surface area contributed by atoms with Crippen molar-refractivity contribution in [3.63, 3.8) is 0 Å². The van der Waals surface area contributed by atoms with Crippen LogP contribution < -0.4 is 5.32 Å². The topological polar surface area (TPSA) is 94.4 Å². The Bertz CT molecular complexity index is 891. The fourth-order valence-corrected chi connectivity index (χ4v) is 5.67. The Morgan fingerprint density at radius 3 is 2.62 bits per heavy atom. The SMILES string of the molecule is CC(C)(O)C(=O)N1CCC(SCC2=NC3=CC(=NC4CCCC4)C=C(F)C3C(=O)N2)CC1. The summed E-state index contributed by atoms with van der Waals surface area (Å²) in [5.74, 6) is -1.07. The quantitative estimate of drug-likeness (QED) is 0.657. The molecule has 2 fully saturated rings. The number of likely N-dealkylation sites (tertiary alicyclic amines) is 1. The molecule has 0 radical (unpaired) electrons. The lowest BCUT2D eigenvalue weighted by Gasteiger charge is -2.35. The number of amides is 2. The maximum absolute atomic E-state index is 14.6. The van der Waals surface area contributed by atoms with Crippen LogP contribution in [-0.4, -0.2) is 69.1 Å². The molecule has 0 aromatic rings. The molecule has 174 valence electrons. The van der Waals surface area contributed by atoms with Gasteiger partial charge in [-0.15, -0.1) is 0 Å². The monoisotopic (exact) mass is 462 g/mol. The van der Waals surface area contributed by atoms with Crippen LogP contribution in [0.2, 0.25) is 0 Å². The van der Waals surface area contributed by atoms with Gasteiger partial charge >= 0.3 is 0 Å². The lowest BCUT2D eigenvalue weighted by atomic mass is 9.94. The molecule has 4 rings (SSSR count). The van der Waals surface area contributed by atoms with Crippen molar-refractivity contribution in [2.75, 3.05) is 18.8 Å². The predicted octanol–water partition coefficient (Wildman–Crippen LogP) is 2.76. The van der Waals surface area contributed by atoms with E-state index < -0.39 is 17.3 Å². The molecule has 7 nitrogen and oxygen atoms in total. The number of aliphatic hydroxyl groups is 1. The fourth-order valence-electron chi connectivity index (χ4n) is 4.59. The smallest absolute Gasteiger partial charge is 0.253 e.